The largest absolute Gasteiger partial charge is 0.493 e. The second-order valence-electron chi connectivity index (χ2n) is 6.90. The number of hydrogen-bond acceptors (Lipinski definition) is 4. The molecule has 27 heavy (non-hydrogen) atoms. The fraction of sp³-hybridized carbons (Fsp3) is 0.318. The molecule has 1 aliphatic rings. The van der Waals surface area contributed by atoms with Crippen LogP contribution >= 0.6 is 0 Å². The summed E-state index contributed by atoms with van der Waals surface area (Å²) in [5.74, 6) is 1.49. The summed E-state index contributed by atoms with van der Waals surface area (Å²) < 4.78 is 11.0. The fourth-order valence-corrected chi connectivity index (χ4v) is 4.14. The Morgan fingerprint density at radius 2 is 1.96 bits per heavy atom. The molecule has 0 saturated heterocycles. The molecule has 1 atom stereocenters. The summed E-state index contributed by atoms with van der Waals surface area (Å²) in [6.45, 7) is 1.29. The minimum atomic E-state index is 0.123. The minimum absolute atomic E-state index is 0.123. The molecular formula is C22H24N2O3. The van der Waals surface area contributed by atoms with E-state index in [1.807, 2.05) is 6.07 Å². The molecule has 1 N–H and O–H groups in total. The van der Waals surface area contributed by atoms with Crippen LogP contribution in [0.3, 0.4) is 0 Å². The second-order valence-corrected chi connectivity index (χ2v) is 6.90. The zero-order chi connectivity index (χ0) is 18.8. The molecule has 0 amide bonds. The van der Waals surface area contributed by atoms with Crippen LogP contribution in [0.5, 0.6) is 11.5 Å². The summed E-state index contributed by atoms with van der Waals surface area (Å²) in [5.41, 5.74) is 4.87. The van der Waals surface area contributed by atoms with Crippen molar-refractivity contribution in [2.75, 3.05) is 27.3 Å². The number of ether oxygens (including phenoxy) is 2. The molecule has 2 heterocycles. The number of methoxy groups -OCH3 is 2. The van der Waals surface area contributed by atoms with Crippen molar-refractivity contribution < 1.29 is 14.3 Å². The third-order valence-electron chi connectivity index (χ3n) is 5.51. The number of H-pyrrole nitrogens is 1. The van der Waals surface area contributed by atoms with Crippen molar-refractivity contribution in [3.63, 3.8) is 0 Å². The molecule has 0 saturated carbocycles. The molecule has 2 aromatic carbocycles. The molecule has 140 valence electrons. The van der Waals surface area contributed by atoms with E-state index in [9.17, 15) is 4.79 Å². The van der Waals surface area contributed by atoms with E-state index in [1.54, 1.807) is 14.2 Å². The van der Waals surface area contributed by atoms with Crippen LogP contribution in [0.25, 0.3) is 10.9 Å². The van der Waals surface area contributed by atoms with Crippen LogP contribution in [0, 0.1) is 0 Å². The van der Waals surface area contributed by atoms with Crippen molar-refractivity contribution in [2.24, 2.45) is 0 Å². The van der Waals surface area contributed by atoms with Gasteiger partial charge in [-0.05, 0) is 47.7 Å². The Labute approximate surface area is 158 Å². The molecular weight excluding hydrogens is 340 g/mol. The van der Waals surface area contributed by atoms with Crippen LogP contribution in [-0.2, 0) is 17.6 Å². The van der Waals surface area contributed by atoms with E-state index in [2.05, 4.69) is 46.4 Å². The number of nitrogens with zero attached hydrogens (tertiary/aromatic N) is 1. The van der Waals surface area contributed by atoms with E-state index in [1.165, 1.54) is 22.1 Å². The van der Waals surface area contributed by atoms with Gasteiger partial charge in [-0.1, -0.05) is 18.2 Å². The number of fused-ring (bicyclic) bond motifs is 2. The van der Waals surface area contributed by atoms with Crippen LogP contribution in [-0.4, -0.2) is 43.5 Å². The number of aldehydes is 1. The lowest BCUT2D eigenvalue weighted by atomic mass is 9.88. The molecule has 1 aliphatic heterocycles. The first-order chi connectivity index (χ1) is 13.2. The normalized spacial score (nSPS) is 16.9. The monoisotopic (exact) mass is 364 g/mol. The molecule has 0 radical (unpaired) electrons. The second kappa shape index (κ2) is 7.45. The molecule has 0 aliphatic carbocycles. The van der Waals surface area contributed by atoms with E-state index in [0.717, 1.165) is 42.7 Å². The highest BCUT2D eigenvalue weighted by Crippen LogP contribution is 2.39. The molecule has 0 spiro atoms. The van der Waals surface area contributed by atoms with Gasteiger partial charge >= 0.3 is 0 Å². The highest BCUT2D eigenvalue weighted by molar-refractivity contribution is 5.83. The maximum absolute atomic E-state index is 11.3. The van der Waals surface area contributed by atoms with Gasteiger partial charge in [0, 0.05) is 29.7 Å². The average molecular weight is 364 g/mol. The van der Waals surface area contributed by atoms with Gasteiger partial charge in [-0.15, -0.1) is 0 Å². The maximum Gasteiger partial charge on any atom is 0.161 e. The quantitative estimate of drug-likeness (QED) is 0.680. The number of aromatic amines is 1. The van der Waals surface area contributed by atoms with Gasteiger partial charge in [-0.25, -0.2) is 0 Å². The first kappa shape index (κ1) is 17.6. The number of nitrogens with one attached hydrogen (secondary N) is 1. The fourth-order valence-electron chi connectivity index (χ4n) is 4.14. The van der Waals surface area contributed by atoms with Crippen molar-refractivity contribution in [2.45, 2.75) is 18.9 Å². The zero-order valence-corrected chi connectivity index (χ0v) is 15.7. The van der Waals surface area contributed by atoms with Crippen LogP contribution in [0.1, 0.15) is 22.7 Å². The van der Waals surface area contributed by atoms with E-state index >= 15 is 0 Å². The van der Waals surface area contributed by atoms with Crippen molar-refractivity contribution in [3.05, 3.63) is 59.3 Å². The van der Waals surface area contributed by atoms with Crippen molar-refractivity contribution in [1.82, 2.24) is 9.88 Å². The van der Waals surface area contributed by atoms with E-state index in [0.29, 0.717) is 6.54 Å². The predicted molar refractivity (Wildman–Crippen MR) is 106 cm³/mol. The molecule has 3 aromatic rings. The Morgan fingerprint density at radius 3 is 2.74 bits per heavy atom. The van der Waals surface area contributed by atoms with Gasteiger partial charge in [-0.2, -0.15) is 0 Å². The Morgan fingerprint density at radius 1 is 1.19 bits per heavy atom. The average Bonchev–Trinajstić information content (AvgIpc) is 3.12. The third kappa shape index (κ3) is 3.19. The van der Waals surface area contributed by atoms with Crippen molar-refractivity contribution in [3.8, 4) is 11.5 Å². The number of para-hydroxylation sites is 1. The van der Waals surface area contributed by atoms with Crippen LogP contribution in [0.15, 0.2) is 42.6 Å². The van der Waals surface area contributed by atoms with E-state index < -0.39 is 0 Å². The molecule has 5 heteroatoms. The molecule has 1 unspecified atom stereocenters. The Kier molecular flexibility index (Phi) is 4.86. The number of carbonyl (C=O) groups is 1. The molecule has 0 bridgehead atoms. The lowest BCUT2D eigenvalue weighted by Crippen LogP contribution is -2.37. The molecule has 1 aromatic heterocycles. The summed E-state index contributed by atoms with van der Waals surface area (Å²) in [7, 11) is 3.32. The Hall–Kier alpha value is -2.79. The smallest absolute Gasteiger partial charge is 0.161 e. The number of rotatable bonds is 6. The van der Waals surface area contributed by atoms with Gasteiger partial charge in [0.15, 0.2) is 11.5 Å². The molecule has 5 nitrogen and oxygen atoms in total. The van der Waals surface area contributed by atoms with Crippen LogP contribution in [0.2, 0.25) is 0 Å². The summed E-state index contributed by atoms with van der Waals surface area (Å²) in [6.07, 6.45) is 4.81. The van der Waals surface area contributed by atoms with Gasteiger partial charge in [-0.3, -0.25) is 4.90 Å². The van der Waals surface area contributed by atoms with Gasteiger partial charge < -0.3 is 19.3 Å². The van der Waals surface area contributed by atoms with E-state index in [-0.39, 0.29) is 6.04 Å². The molecule has 0 fully saturated rings. The maximum atomic E-state index is 11.3. The number of benzene rings is 2. The number of hydrogen-bond donors (Lipinski definition) is 1. The van der Waals surface area contributed by atoms with Crippen LogP contribution < -0.4 is 9.47 Å². The highest BCUT2D eigenvalue weighted by Gasteiger charge is 2.29. The van der Waals surface area contributed by atoms with Crippen molar-refractivity contribution >= 4 is 17.2 Å². The summed E-state index contributed by atoms with van der Waals surface area (Å²) in [5, 5.41) is 1.23. The van der Waals surface area contributed by atoms with Gasteiger partial charge in [0.1, 0.15) is 6.29 Å². The number of carbonyl (C=O) groups excluding carboxylic acids is 1. The first-order valence-electron chi connectivity index (χ1n) is 9.22. The summed E-state index contributed by atoms with van der Waals surface area (Å²) in [4.78, 5) is 16.9. The summed E-state index contributed by atoms with van der Waals surface area (Å²) in [6, 6.07) is 12.6. The van der Waals surface area contributed by atoms with Gasteiger partial charge in [0.05, 0.1) is 20.8 Å². The zero-order valence-electron chi connectivity index (χ0n) is 15.7. The SMILES string of the molecule is COc1cc2c(cc1OC)C(Cc1c[nH]c3ccccc13)N(CC=O)CC2. The van der Waals surface area contributed by atoms with Gasteiger partial charge in [0.25, 0.3) is 0 Å². The predicted octanol–water partition coefficient (Wildman–Crippen LogP) is 3.53. The lowest BCUT2D eigenvalue weighted by molar-refractivity contribution is -0.109. The lowest BCUT2D eigenvalue weighted by Gasteiger charge is -2.36. The minimum Gasteiger partial charge on any atom is -0.493 e. The van der Waals surface area contributed by atoms with Gasteiger partial charge in [0.2, 0.25) is 0 Å². The topological polar surface area (TPSA) is 54.6 Å². The van der Waals surface area contributed by atoms with Crippen molar-refractivity contribution in [1.29, 1.82) is 0 Å². The van der Waals surface area contributed by atoms with Crippen LogP contribution in [0.4, 0.5) is 0 Å². The Balaban J connectivity index is 1.77. The number of aromatic nitrogens is 1. The Bertz CT molecular complexity index is 963. The highest BCUT2D eigenvalue weighted by atomic mass is 16.5. The standard InChI is InChI=1S/C22H24N2O3/c1-26-21-12-15-7-8-24(9-10-25)20(18(15)13-22(21)27-2)11-16-14-23-19-6-4-3-5-17(16)19/h3-6,10,12-14,20,23H,7-9,11H2,1-2H3. The third-order valence-corrected chi connectivity index (χ3v) is 5.51. The first-order valence-corrected chi connectivity index (χ1v) is 9.22. The molecule has 4 rings (SSSR count). The van der Waals surface area contributed by atoms with E-state index in [4.69, 9.17) is 9.47 Å². The summed E-state index contributed by atoms with van der Waals surface area (Å²) >= 11 is 0.